The lowest BCUT2D eigenvalue weighted by Gasteiger charge is -2.44. The van der Waals surface area contributed by atoms with Gasteiger partial charge in [0, 0.05) is 30.0 Å². The largest absolute Gasteiger partial charge is 0.512 e. The van der Waals surface area contributed by atoms with Crippen molar-refractivity contribution in [1.82, 2.24) is 5.32 Å². The number of aliphatic hydroxyl groups is 1. The van der Waals surface area contributed by atoms with Crippen LogP contribution >= 0.6 is 0 Å². The number of nitrogens with zero attached hydrogens (tertiary/aromatic N) is 1. The maximum atomic E-state index is 12.1. The number of allylic oxidation sites excluding steroid dienone is 1. The number of aliphatic hydroxyl groups excluding tert-OH is 1. The molecule has 1 aromatic rings. The second-order valence-electron chi connectivity index (χ2n) is 5.52. The fraction of sp³-hybridized carbons (Fsp3) is 0.357. The van der Waals surface area contributed by atoms with E-state index < -0.39 is 22.5 Å². The van der Waals surface area contributed by atoms with Gasteiger partial charge < -0.3 is 15.2 Å². The summed E-state index contributed by atoms with van der Waals surface area (Å²) in [5.41, 5.74) is -0.150. The second-order valence-corrected chi connectivity index (χ2v) is 5.52. The Balaban J connectivity index is 2.20. The molecule has 1 fully saturated rings. The van der Waals surface area contributed by atoms with E-state index in [-0.39, 0.29) is 17.0 Å². The zero-order valence-electron chi connectivity index (χ0n) is 11.5. The molecule has 3 rings (SSSR count). The number of ether oxygens (including phenoxy) is 1. The molecular weight excluding hydrogens is 276 g/mol. The third-order valence-electron chi connectivity index (χ3n) is 3.87. The summed E-state index contributed by atoms with van der Waals surface area (Å²) in [7, 11) is 0. The molecule has 21 heavy (non-hydrogen) atoms. The lowest BCUT2D eigenvalue weighted by Crippen LogP contribution is -2.58. The Morgan fingerprint density at radius 3 is 2.90 bits per heavy atom. The van der Waals surface area contributed by atoms with E-state index in [1.807, 2.05) is 0 Å². The topological polar surface area (TPSA) is 102 Å². The first-order chi connectivity index (χ1) is 9.81. The predicted molar refractivity (Wildman–Crippen MR) is 73.0 cm³/mol. The quantitative estimate of drug-likeness (QED) is 0.357. The molecule has 2 aliphatic rings. The minimum Gasteiger partial charge on any atom is -0.512 e. The van der Waals surface area contributed by atoms with Crippen molar-refractivity contribution in [3.8, 4) is 5.75 Å². The monoisotopic (exact) mass is 290 g/mol. The van der Waals surface area contributed by atoms with Crippen LogP contribution in [0.3, 0.4) is 0 Å². The Bertz CT molecular complexity index is 693. The molecule has 1 aromatic carbocycles. The van der Waals surface area contributed by atoms with Crippen LogP contribution in [0.1, 0.15) is 31.7 Å². The molecule has 1 saturated heterocycles. The van der Waals surface area contributed by atoms with Gasteiger partial charge in [-0.1, -0.05) is 0 Å². The first-order valence-electron chi connectivity index (χ1n) is 6.50. The van der Waals surface area contributed by atoms with Crippen molar-refractivity contribution in [3.63, 3.8) is 0 Å². The van der Waals surface area contributed by atoms with Crippen LogP contribution in [0.25, 0.3) is 0 Å². The Hall–Kier alpha value is -2.57. The minimum absolute atomic E-state index is 0.0677. The maximum Gasteiger partial charge on any atom is 0.269 e. The highest BCUT2D eigenvalue weighted by Crippen LogP contribution is 2.47. The van der Waals surface area contributed by atoms with E-state index >= 15 is 0 Å². The van der Waals surface area contributed by atoms with E-state index in [9.17, 15) is 20.0 Å². The van der Waals surface area contributed by atoms with Crippen molar-refractivity contribution in [2.24, 2.45) is 0 Å². The van der Waals surface area contributed by atoms with E-state index in [1.54, 1.807) is 6.92 Å². The molecule has 2 heterocycles. The highest BCUT2D eigenvalue weighted by molar-refractivity contribution is 5.97. The number of nitro benzene ring substituents is 1. The summed E-state index contributed by atoms with van der Waals surface area (Å²) < 4.78 is 5.76. The van der Waals surface area contributed by atoms with E-state index in [0.717, 1.165) is 0 Å². The van der Waals surface area contributed by atoms with Gasteiger partial charge in [-0.05, 0) is 19.9 Å². The molecule has 7 heteroatoms. The van der Waals surface area contributed by atoms with Crippen molar-refractivity contribution in [2.75, 3.05) is 0 Å². The van der Waals surface area contributed by atoms with Crippen molar-refractivity contribution < 1.29 is 19.6 Å². The molecule has 2 atom stereocenters. The van der Waals surface area contributed by atoms with Gasteiger partial charge in [0.05, 0.1) is 16.3 Å². The molecule has 7 nitrogen and oxygen atoms in total. The maximum absolute atomic E-state index is 12.1. The molecule has 110 valence electrons. The van der Waals surface area contributed by atoms with Gasteiger partial charge in [-0.3, -0.25) is 14.9 Å². The molecule has 1 amide bonds. The molecule has 0 radical (unpaired) electrons. The highest BCUT2D eigenvalue weighted by Gasteiger charge is 2.47. The van der Waals surface area contributed by atoms with Crippen LogP contribution in [0.2, 0.25) is 0 Å². The third kappa shape index (κ3) is 2.01. The lowest BCUT2D eigenvalue weighted by molar-refractivity contribution is -0.385. The number of carbonyl (C=O) groups is 1. The average molecular weight is 290 g/mol. The van der Waals surface area contributed by atoms with Gasteiger partial charge in [0.25, 0.3) is 11.6 Å². The standard InChI is InChI=1S/C14H14N2O5/c1-7(17)12-10-6-14(2,15-13(12)18)21-11-4-3-8(16(19)20)5-9(10)11/h3-5,10,17H,6H2,1-2H3,(H,15,18)/b12-7+/t10-,14+/m0/s1. The summed E-state index contributed by atoms with van der Waals surface area (Å²) in [4.78, 5) is 22.6. The molecule has 2 aliphatic heterocycles. The Labute approximate surface area is 120 Å². The van der Waals surface area contributed by atoms with Crippen LogP contribution in [-0.2, 0) is 4.79 Å². The van der Waals surface area contributed by atoms with E-state index in [0.29, 0.717) is 17.7 Å². The van der Waals surface area contributed by atoms with Gasteiger partial charge in [0.2, 0.25) is 0 Å². The normalized spacial score (nSPS) is 29.0. The summed E-state index contributed by atoms with van der Waals surface area (Å²) in [6.07, 6.45) is 0.417. The average Bonchev–Trinajstić information content (AvgIpc) is 2.36. The molecular formula is C14H14N2O5. The first kappa shape index (κ1) is 13.4. The molecule has 0 spiro atoms. The second kappa shape index (κ2) is 4.21. The van der Waals surface area contributed by atoms with Crippen molar-refractivity contribution in [1.29, 1.82) is 0 Å². The number of nitrogens with one attached hydrogen (secondary N) is 1. The van der Waals surface area contributed by atoms with E-state index in [2.05, 4.69) is 5.32 Å². The van der Waals surface area contributed by atoms with Crippen molar-refractivity contribution >= 4 is 11.6 Å². The summed E-state index contributed by atoms with van der Waals surface area (Å²) in [6.45, 7) is 3.18. The lowest BCUT2D eigenvalue weighted by atomic mass is 9.78. The zero-order valence-corrected chi connectivity index (χ0v) is 11.5. The van der Waals surface area contributed by atoms with Gasteiger partial charge in [-0.2, -0.15) is 0 Å². The van der Waals surface area contributed by atoms with E-state index in [1.165, 1.54) is 25.1 Å². The first-order valence-corrected chi connectivity index (χ1v) is 6.50. The van der Waals surface area contributed by atoms with Gasteiger partial charge >= 0.3 is 0 Å². The summed E-state index contributed by atoms with van der Waals surface area (Å²) in [6, 6.07) is 4.29. The Morgan fingerprint density at radius 2 is 2.29 bits per heavy atom. The number of amides is 1. The van der Waals surface area contributed by atoms with Gasteiger partial charge in [-0.15, -0.1) is 0 Å². The number of non-ortho nitro benzene ring substituents is 1. The van der Waals surface area contributed by atoms with Crippen molar-refractivity contribution in [2.45, 2.75) is 31.9 Å². The smallest absolute Gasteiger partial charge is 0.269 e. The van der Waals surface area contributed by atoms with Crippen LogP contribution < -0.4 is 10.1 Å². The van der Waals surface area contributed by atoms with Gasteiger partial charge in [0.1, 0.15) is 5.75 Å². The Kier molecular flexibility index (Phi) is 2.69. The number of hydrogen-bond acceptors (Lipinski definition) is 5. The van der Waals surface area contributed by atoms with Crippen LogP contribution in [0.4, 0.5) is 5.69 Å². The SMILES string of the molecule is C/C(O)=C1\C(=O)N[C@@]2(C)C[C@H]1c1cc([N+](=O)[O-])ccc1O2. The van der Waals surface area contributed by atoms with Crippen LogP contribution in [0.5, 0.6) is 5.75 Å². The van der Waals surface area contributed by atoms with Gasteiger partial charge in [0.15, 0.2) is 5.72 Å². The predicted octanol–water partition coefficient (Wildman–Crippen LogP) is 2.14. The van der Waals surface area contributed by atoms with Crippen molar-refractivity contribution in [3.05, 3.63) is 45.2 Å². The number of benzene rings is 1. The number of nitro groups is 1. The summed E-state index contributed by atoms with van der Waals surface area (Å²) in [5.74, 6) is -0.430. The fourth-order valence-corrected chi connectivity index (χ4v) is 3.01. The molecule has 0 unspecified atom stereocenters. The molecule has 2 N–H and O–H groups in total. The fourth-order valence-electron chi connectivity index (χ4n) is 3.01. The molecule has 0 aliphatic carbocycles. The summed E-state index contributed by atoms with van der Waals surface area (Å²) >= 11 is 0. The van der Waals surface area contributed by atoms with Crippen LogP contribution in [-0.4, -0.2) is 21.7 Å². The zero-order chi connectivity index (χ0) is 15.4. The van der Waals surface area contributed by atoms with Crippen LogP contribution in [0, 0.1) is 10.1 Å². The number of carbonyl (C=O) groups excluding carboxylic acids is 1. The van der Waals surface area contributed by atoms with E-state index in [4.69, 9.17) is 4.74 Å². The molecule has 2 bridgehead atoms. The number of fused-ring (bicyclic) bond motifs is 4. The number of hydrogen-bond donors (Lipinski definition) is 2. The summed E-state index contributed by atoms with van der Waals surface area (Å²) in [5, 5.41) is 23.4. The molecule has 0 saturated carbocycles. The third-order valence-corrected chi connectivity index (χ3v) is 3.87. The number of rotatable bonds is 1. The molecule has 0 aromatic heterocycles. The number of piperidine rings is 1. The van der Waals surface area contributed by atoms with Gasteiger partial charge in [-0.25, -0.2) is 0 Å². The Morgan fingerprint density at radius 1 is 1.57 bits per heavy atom. The highest BCUT2D eigenvalue weighted by atomic mass is 16.6. The van der Waals surface area contributed by atoms with Crippen LogP contribution in [0.15, 0.2) is 29.5 Å². The minimum atomic E-state index is -0.871.